The summed E-state index contributed by atoms with van der Waals surface area (Å²) in [6, 6.07) is 0. The van der Waals surface area contributed by atoms with Gasteiger partial charge in [0.1, 0.15) is 18.2 Å². The Bertz CT molecular complexity index is 1720. The maximum absolute atomic E-state index is 13.8. The van der Waals surface area contributed by atoms with Crippen molar-refractivity contribution in [1.29, 1.82) is 0 Å². The molecule has 2 N–H and O–H groups in total. The van der Waals surface area contributed by atoms with E-state index < -0.39 is 23.0 Å². The van der Waals surface area contributed by atoms with Gasteiger partial charge < -0.3 is 29.5 Å². The van der Waals surface area contributed by atoms with E-state index in [2.05, 4.69) is 57.4 Å². The van der Waals surface area contributed by atoms with E-state index in [1.165, 1.54) is 0 Å². The number of nitrogens with one attached hydrogen (secondary N) is 1. The predicted molar refractivity (Wildman–Crippen MR) is 216 cm³/mol. The molecule has 2 aromatic rings. The van der Waals surface area contributed by atoms with Crippen LogP contribution in [0.4, 0.5) is 5.82 Å². The van der Waals surface area contributed by atoms with E-state index in [9.17, 15) is 19.5 Å². The van der Waals surface area contributed by atoms with Crippen LogP contribution in [0.5, 0.6) is 0 Å². The molecule has 3 aliphatic carbocycles. The number of aliphatic hydroxyl groups is 1. The Labute approximate surface area is 338 Å². The summed E-state index contributed by atoms with van der Waals surface area (Å²) in [5.41, 5.74) is 0.000233. The number of halogens is 2. The van der Waals surface area contributed by atoms with E-state index in [0.717, 1.165) is 62.3 Å². The second-order valence-corrected chi connectivity index (χ2v) is 17.4. The van der Waals surface area contributed by atoms with E-state index in [-0.39, 0.29) is 72.2 Å². The number of esters is 1. The largest absolute Gasteiger partial charge is 0.461 e. The summed E-state index contributed by atoms with van der Waals surface area (Å²) in [4.78, 5) is 60.8. The molecule has 13 nitrogen and oxygen atoms in total. The molecule has 9 atom stereocenters. The average Bonchev–Trinajstić information content (AvgIpc) is 3.89. The number of hydrogen-bond acceptors (Lipinski definition) is 11. The van der Waals surface area contributed by atoms with Crippen molar-refractivity contribution in [1.82, 2.24) is 34.6 Å². The third-order valence-electron chi connectivity index (χ3n) is 14.7. The number of aromatic nitrogens is 4. The lowest BCUT2D eigenvalue weighted by molar-refractivity contribution is -0.207. The fourth-order valence-corrected chi connectivity index (χ4v) is 11.2. The van der Waals surface area contributed by atoms with Crippen molar-refractivity contribution in [2.45, 2.75) is 91.4 Å². The van der Waals surface area contributed by atoms with Crippen LogP contribution >= 0.6 is 24.8 Å². The van der Waals surface area contributed by atoms with Crippen molar-refractivity contribution in [2.75, 3.05) is 64.3 Å². The average molecular weight is 806 g/mol. The summed E-state index contributed by atoms with van der Waals surface area (Å²) in [6.07, 6.45) is 8.95. The topological polar surface area (TPSA) is 146 Å². The van der Waals surface area contributed by atoms with Gasteiger partial charge in [-0.25, -0.2) is 15.0 Å². The van der Waals surface area contributed by atoms with Crippen LogP contribution in [0, 0.1) is 39.9 Å². The molecule has 1 amide bonds. The van der Waals surface area contributed by atoms with Gasteiger partial charge in [-0.15, -0.1) is 31.4 Å². The second-order valence-electron chi connectivity index (χ2n) is 17.4. The Morgan fingerprint density at radius 1 is 1.07 bits per heavy atom. The number of carbonyl (C=O) groups excluding carboxylic acids is 3. The van der Waals surface area contributed by atoms with E-state index in [1.54, 1.807) is 12.7 Å². The number of imidazole rings is 1. The van der Waals surface area contributed by atoms with Crippen LogP contribution in [0.3, 0.4) is 0 Å². The quantitative estimate of drug-likeness (QED) is 0.264. The van der Waals surface area contributed by atoms with Gasteiger partial charge in [0, 0.05) is 75.4 Å². The van der Waals surface area contributed by atoms with Gasteiger partial charge in [-0.05, 0) is 68.9 Å². The number of nitrogens with zero attached hydrogens (tertiary/aromatic N) is 7. The molecule has 0 aromatic carbocycles. The molecular formula is C40H62Cl2N8O5. The number of aliphatic hydroxyl groups excluding tert-OH is 1. The van der Waals surface area contributed by atoms with Crippen molar-refractivity contribution >= 4 is 59.5 Å². The van der Waals surface area contributed by atoms with Gasteiger partial charge in [0.2, 0.25) is 5.91 Å². The highest BCUT2D eigenvalue weighted by Crippen LogP contribution is 2.68. The first kappa shape index (κ1) is 43.3. The lowest BCUT2D eigenvalue weighted by Gasteiger charge is -2.61. The summed E-state index contributed by atoms with van der Waals surface area (Å²) in [7, 11) is 1.98. The minimum atomic E-state index is -0.692. The Morgan fingerprint density at radius 2 is 1.82 bits per heavy atom. The monoisotopic (exact) mass is 804 g/mol. The number of hydrogen-bond donors (Lipinski definition) is 2. The van der Waals surface area contributed by atoms with Gasteiger partial charge in [-0.1, -0.05) is 33.8 Å². The zero-order chi connectivity index (χ0) is 37.7. The first-order valence-electron chi connectivity index (χ1n) is 19.9. The van der Waals surface area contributed by atoms with Gasteiger partial charge in [-0.2, -0.15) is 0 Å². The Balaban J connectivity index is 0.00000290. The molecule has 2 aromatic heterocycles. The van der Waals surface area contributed by atoms with Gasteiger partial charge in [-0.3, -0.25) is 19.3 Å². The van der Waals surface area contributed by atoms with Crippen LogP contribution in [0.25, 0.3) is 11.2 Å². The normalized spacial score (nSPS) is 35.0. The number of aryl methyl sites for hydroxylation is 1. The highest BCUT2D eigenvalue weighted by Gasteiger charge is 2.68. The molecule has 5 fully saturated rings. The molecule has 2 bridgehead atoms. The molecular weight excluding hydrogens is 743 g/mol. The molecule has 3 saturated carbocycles. The summed E-state index contributed by atoms with van der Waals surface area (Å²) in [6.45, 7) is 18.3. The number of ether oxygens (including phenoxy) is 1. The van der Waals surface area contributed by atoms with Crippen molar-refractivity contribution in [2.24, 2.45) is 39.9 Å². The maximum atomic E-state index is 13.8. The Hall–Kier alpha value is -2.84. The predicted octanol–water partition coefficient (Wildman–Crippen LogP) is 4.16. The summed E-state index contributed by atoms with van der Waals surface area (Å²) < 4.78 is 8.41. The van der Waals surface area contributed by atoms with Crippen molar-refractivity contribution < 1.29 is 24.2 Å². The van der Waals surface area contributed by atoms with Gasteiger partial charge in [0.15, 0.2) is 17.0 Å². The lowest BCUT2D eigenvalue weighted by atomic mass is 9.44. The molecule has 0 spiro atoms. The number of piperazine rings is 1. The van der Waals surface area contributed by atoms with Gasteiger partial charge in [0.05, 0.1) is 19.0 Å². The molecule has 7 rings (SSSR count). The third kappa shape index (κ3) is 7.65. The molecule has 4 heterocycles. The van der Waals surface area contributed by atoms with Crippen molar-refractivity contribution in [3.8, 4) is 0 Å². The summed E-state index contributed by atoms with van der Waals surface area (Å²) in [5, 5.41) is 15.1. The zero-order valence-corrected chi connectivity index (χ0v) is 34.9. The Kier molecular flexibility index (Phi) is 13.3. The smallest absolute Gasteiger partial charge is 0.320 e. The van der Waals surface area contributed by atoms with Crippen LogP contribution in [0.1, 0.15) is 72.6 Å². The number of anilines is 1. The summed E-state index contributed by atoms with van der Waals surface area (Å²) in [5.74, 6) is 1.29. The van der Waals surface area contributed by atoms with Crippen LogP contribution in [-0.4, -0.2) is 124 Å². The molecule has 1 unspecified atom stereocenters. The molecule has 15 heteroatoms. The molecule has 5 aliphatic rings. The molecule has 55 heavy (non-hydrogen) atoms. The zero-order valence-electron chi connectivity index (χ0n) is 33.2. The first-order valence-corrected chi connectivity index (χ1v) is 19.9. The fourth-order valence-electron chi connectivity index (χ4n) is 11.2. The van der Waals surface area contributed by atoms with Crippen LogP contribution < -0.4 is 10.2 Å². The lowest BCUT2D eigenvalue weighted by Crippen LogP contribution is -2.63. The van der Waals surface area contributed by atoms with Crippen molar-refractivity contribution in [3.05, 3.63) is 25.3 Å². The molecule has 2 aliphatic heterocycles. The Morgan fingerprint density at radius 3 is 2.53 bits per heavy atom. The first-order chi connectivity index (χ1) is 25.3. The number of ketones is 1. The van der Waals surface area contributed by atoms with Gasteiger partial charge >= 0.3 is 5.97 Å². The number of fused-ring (bicyclic) bond motifs is 1. The fraction of sp³-hybridized carbons (Fsp3) is 0.750. The van der Waals surface area contributed by atoms with E-state index in [0.29, 0.717) is 57.9 Å². The number of carbonyl (C=O) groups is 3. The van der Waals surface area contributed by atoms with E-state index in [4.69, 9.17) is 4.74 Å². The minimum Gasteiger partial charge on any atom is -0.461 e. The number of amides is 1. The summed E-state index contributed by atoms with van der Waals surface area (Å²) >= 11 is 0. The van der Waals surface area contributed by atoms with Gasteiger partial charge in [0.25, 0.3) is 0 Å². The molecule has 306 valence electrons. The van der Waals surface area contributed by atoms with Crippen LogP contribution in [-0.2, 0) is 25.7 Å². The minimum absolute atomic E-state index is 0. The van der Waals surface area contributed by atoms with E-state index in [1.807, 2.05) is 29.5 Å². The highest BCUT2D eigenvalue weighted by molar-refractivity contribution is 5.86. The van der Waals surface area contributed by atoms with Crippen LogP contribution in [0.15, 0.2) is 25.3 Å². The highest BCUT2D eigenvalue weighted by atomic mass is 35.5. The van der Waals surface area contributed by atoms with Crippen molar-refractivity contribution in [3.63, 3.8) is 0 Å². The van der Waals surface area contributed by atoms with E-state index >= 15 is 0 Å². The number of rotatable bonds is 10. The van der Waals surface area contributed by atoms with Crippen LogP contribution in [0.2, 0.25) is 0 Å². The maximum Gasteiger partial charge on any atom is 0.320 e. The number of Topliss-reactive ketones (excluding diaryl/α,β-unsaturated/α-hetero) is 1. The third-order valence-corrected chi connectivity index (χ3v) is 14.7. The molecule has 2 saturated heterocycles. The standard InChI is InChI=1S/C40H60N8O5.2ClH/c1-7-38(4)20-30(39(5)26(2)8-12-40(27(3)35(38)52)13-9-29(49)34(39)40)53-32(51)23-45-16-18-46(19-17-45)31(50)11-15-48-25-44-33-36(42-24-43-37(33)48)47-14-10-28(22-47)21-41-6;;/h7,24-28,30,34-35,41,52H,1,8-23H2,2-6H3;2*1H/t26-,27+,28?,30-,34-,35+,38-,39+,40+;;/m1../s1. The SMILES string of the molecule is C=C[C@]1(C)C[C@@H](OC(=O)CN2CCN(C(=O)CCn3cnc4c(N5CCC(CNC)C5)ncnc43)CC2)[C@]2(C)[C@H](C)CC[C@]3(CCC(=O)[C@@H]32)[C@@H](C)[C@@H]1O.Cl.Cl. The second kappa shape index (κ2) is 16.9. The molecule has 0 radical (unpaired) electrons.